The highest BCUT2D eigenvalue weighted by molar-refractivity contribution is 7.09. The predicted octanol–water partition coefficient (Wildman–Crippen LogP) is 0.310. The van der Waals surface area contributed by atoms with E-state index in [4.69, 9.17) is 5.11 Å². The molecule has 0 aliphatic carbocycles. The van der Waals surface area contributed by atoms with Crippen LogP contribution in [0.3, 0.4) is 0 Å². The van der Waals surface area contributed by atoms with Crippen LogP contribution < -0.4 is 5.32 Å². The largest absolute Gasteiger partial charge is 0.480 e. The summed E-state index contributed by atoms with van der Waals surface area (Å²) in [7, 11) is 0. The summed E-state index contributed by atoms with van der Waals surface area (Å²) in [5.74, 6) is -0.765. The van der Waals surface area contributed by atoms with Crippen LogP contribution >= 0.6 is 11.3 Å². The lowest BCUT2D eigenvalue weighted by Gasteiger charge is -2.32. The molecule has 2 heterocycles. The van der Waals surface area contributed by atoms with E-state index in [0.717, 1.165) is 23.8 Å². The van der Waals surface area contributed by atoms with E-state index in [1.165, 1.54) is 0 Å². The number of hydrogen-bond donors (Lipinski definition) is 2. The Morgan fingerprint density at radius 1 is 1.81 bits per heavy atom. The lowest BCUT2D eigenvalue weighted by molar-refractivity contribution is -0.144. The van der Waals surface area contributed by atoms with Gasteiger partial charge in [0, 0.05) is 31.6 Å². The number of nitrogens with zero attached hydrogens (tertiary/aromatic N) is 2. The highest BCUT2D eigenvalue weighted by Gasteiger charge is 2.28. The van der Waals surface area contributed by atoms with Gasteiger partial charge in [0.05, 0.1) is 10.7 Å². The fourth-order valence-corrected chi connectivity index (χ4v) is 2.47. The molecule has 0 spiro atoms. The van der Waals surface area contributed by atoms with Crippen LogP contribution in [0.2, 0.25) is 0 Å². The average molecular weight is 241 g/mol. The number of carboxylic acid groups (broad SMARTS) is 1. The van der Waals surface area contributed by atoms with Crippen molar-refractivity contribution in [3.05, 3.63) is 16.1 Å². The van der Waals surface area contributed by atoms with Crippen LogP contribution in [0, 0.1) is 6.92 Å². The lowest BCUT2D eigenvalue weighted by Crippen LogP contribution is -2.54. The van der Waals surface area contributed by atoms with Crippen molar-refractivity contribution < 1.29 is 9.90 Å². The van der Waals surface area contributed by atoms with Gasteiger partial charge >= 0.3 is 5.97 Å². The Bertz CT molecular complexity index is 380. The Balaban J connectivity index is 2.03. The van der Waals surface area contributed by atoms with E-state index >= 15 is 0 Å². The molecular formula is C10H15N3O2S. The molecule has 2 rings (SSSR count). The van der Waals surface area contributed by atoms with Crippen molar-refractivity contribution in [3.8, 4) is 0 Å². The van der Waals surface area contributed by atoms with Crippen LogP contribution in [-0.2, 0) is 11.3 Å². The first-order valence-electron chi connectivity index (χ1n) is 5.25. The van der Waals surface area contributed by atoms with Gasteiger partial charge in [0.2, 0.25) is 0 Å². The number of hydrogen-bond acceptors (Lipinski definition) is 5. The molecule has 88 valence electrons. The summed E-state index contributed by atoms with van der Waals surface area (Å²) in [5.41, 5.74) is 0.968. The number of thiazole rings is 1. The van der Waals surface area contributed by atoms with Crippen molar-refractivity contribution in [2.75, 3.05) is 19.6 Å². The molecule has 1 fully saturated rings. The zero-order valence-electron chi connectivity index (χ0n) is 9.14. The van der Waals surface area contributed by atoms with Crippen molar-refractivity contribution in [1.82, 2.24) is 15.2 Å². The van der Waals surface area contributed by atoms with Crippen LogP contribution in [-0.4, -0.2) is 46.6 Å². The molecule has 5 nitrogen and oxygen atoms in total. The molecular weight excluding hydrogens is 226 g/mol. The van der Waals surface area contributed by atoms with Gasteiger partial charge in [0.1, 0.15) is 6.04 Å². The van der Waals surface area contributed by atoms with Crippen LogP contribution in [0.25, 0.3) is 0 Å². The minimum atomic E-state index is -0.765. The second-order valence-corrected chi connectivity index (χ2v) is 4.95. The summed E-state index contributed by atoms with van der Waals surface area (Å²) >= 11 is 1.60. The highest BCUT2D eigenvalue weighted by atomic mass is 32.1. The molecule has 0 saturated carbocycles. The van der Waals surface area contributed by atoms with Crippen molar-refractivity contribution in [2.24, 2.45) is 0 Å². The number of aryl methyl sites for hydroxylation is 1. The number of rotatable bonds is 3. The topological polar surface area (TPSA) is 65.5 Å². The zero-order chi connectivity index (χ0) is 11.5. The second-order valence-electron chi connectivity index (χ2n) is 3.89. The lowest BCUT2D eigenvalue weighted by atomic mass is 10.2. The second kappa shape index (κ2) is 4.90. The standard InChI is InChI=1S/C10H15N3O2S/c1-7-12-8(6-16-7)5-13-3-2-11-4-9(13)10(14)15/h6,9,11H,2-5H2,1H3,(H,14,15). The van der Waals surface area contributed by atoms with Crippen molar-refractivity contribution in [1.29, 1.82) is 0 Å². The van der Waals surface area contributed by atoms with Gasteiger partial charge in [-0.25, -0.2) is 4.98 Å². The Morgan fingerprint density at radius 2 is 2.62 bits per heavy atom. The van der Waals surface area contributed by atoms with Gasteiger partial charge in [0.15, 0.2) is 0 Å². The van der Waals surface area contributed by atoms with Gasteiger partial charge in [-0.05, 0) is 6.92 Å². The SMILES string of the molecule is Cc1nc(CN2CCNCC2C(=O)O)cs1. The number of aromatic nitrogens is 1. The van der Waals surface area contributed by atoms with Crippen LogP contribution in [0.4, 0.5) is 0 Å². The molecule has 0 radical (unpaired) electrons. The average Bonchev–Trinajstić information content (AvgIpc) is 2.64. The molecule has 16 heavy (non-hydrogen) atoms. The van der Waals surface area contributed by atoms with E-state index in [1.807, 2.05) is 17.2 Å². The Hall–Kier alpha value is -0.980. The summed E-state index contributed by atoms with van der Waals surface area (Å²) in [6.07, 6.45) is 0. The van der Waals surface area contributed by atoms with Gasteiger partial charge in [-0.1, -0.05) is 0 Å². The maximum absolute atomic E-state index is 11.1. The van der Waals surface area contributed by atoms with Gasteiger partial charge in [-0.15, -0.1) is 11.3 Å². The maximum atomic E-state index is 11.1. The van der Waals surface area contributed by atoms with E-state index < -0.39 is 12.0 Å². The fourth-order valence-electron chi connectivity index (χ4n) is 1.87. The number of nitrogens with one attached hydrogen (secondary N) is 1. The van der Waals surface area contributed by atoms with Gasteiger partial charge in [-0.3, -0.25) is 9.69 Å². The fraction of sp³-hybridized carbons (Fsp3) is 0.600. The molecule has 1 atom stereocenters. The van der Waals surface area contributed by atoms with Gasteiger partial charge in [0.25, 0.3) is 0 Å². The molecule has 0 amide bonds. The normalized spacial score (nSPS) is 22.2. The number of piperazine rings is 1. The Labute approximate surface area is 98.1 Å². The maximum Gasteiger partial charge on any atom is 0.322 e. The van der Waals surface area contributed by atoms with E-state index in [0.29, 0.717) is 13.1 Å². The molecule has 1 saturated heterocycles. The van der Waals surface area contributed by atoms with Crippen LogP contribution in [0.15, 0.2) is 5.38 Å². The summed E-state index contributed by atoms with van der Waals surface area (Å²) in [4.78, 5) is 17.4. The first-order chi connectivity index (χ1) is 7.66. The summed E-state index contributed by atoms with van der Waals surface area (Å²) < 4.78 is 0. The predicted molar refractivity (Wildman–Crippen MR) is 61.6 cm³/mol. The number of carbonyl (C=O) groups is 1. The molecule has 1 aromatic heterocycles. The van der Waals surface area contributed by atoms with Crippen molar-refractivity contribution in [2.45, 2.75) is 19.5 Å². The molecule has 0 bridgehead atoms. The molecule has 1 aliphatic rings. The van der Waals surface area contributed by atoms with E-state index in [9.17, 15) is 4.79 Å². The monoisotopic (exact) mass is 241 g/mol. The summed E-state index contributed by atoms with van der Waals surface area (Å²) in [6, 6.07) is -0.434. The molecule has 1 aromatic rings. The van der Waals surface area contributed by atoms with Crippen LogP contribution in [0.1, 0.15) is 10.7 Å². The van der Waals surface area contributed by atoms with Gasteiger partial charge in [-0.2, -0.15) is 0 Å². The van der Waals surface area contributed by atoms with E-state index in [1.54, 1.807) is 11.3 Å². The smallest absolute Gasteiger partial charge is 0.322 e. The first-order valence-corrected chi connectivity index (χ1v) is 6.13. The summed E-state index contributed by atoms with van der Waals surface area (Å²) in [5, 5.41) is 15.2. The first kappa shape index (κ1) is 11.5. The quantitative estimate of drug-likeness (QED) is 0.797. The highest BCUT2D eigenvalue weighted by Crippen LogP contribution is 2.13. The van der Waals surface area contributed by atoms with Crippen LogP contribution in [0.5, 0.6) is 0 Å². The molecule has 1 aliphatic heterocycles. The summed E-state index contributed by atoms with van der Waals surface area (Å²) in [6.45, 7) is 4.70. The van der Waals surface area contributed by atoms with E-state index in [-0.39, 0.29) is 0 Å². The number of carboxylic acids is 1. The number of aliphatic carboxylic acids is 1. The zero-order valence-corrected chi connectivity index (χ0v) is 9.96. The minimum absolute atomic E-state index is 0.434. The van der Waals surface area contributed by atoms with Gasteiger partial charge < -0.3 is 10.4 Å². The van der Waals surface area contributed by atoms with Crippen molar-refractivity contribution in [3.63, 3.8) is 0 Å². The minimum Gasteiger partial charge on any atom is -0.480 e. The third-order valence-corrected chi connectivity index (χ3v) is 3.49. The Morgan fingerprint density at radius 3 is 3.25 bits per heavy atom. The molecule has 1 unspecified atom stereocenters. The third-order valence-electron chi connectivity index (χ3n) is 2.67. The molecule has 6 heteroatoms. The molecule has 2 N–H and O–H groups in total. The van der Waals surface area contributed by atoms with E-state index in [2.05, 4.69) is 10.3 Å². The Kier molecular flexibility index (Phi) is 3.52. The molecule has 0 aromatic carbocycles. The van der Waals surface area contributed by atoms with Crippen molar-refractivity contribution >= 4 is 17.3 Å². The third kappa shape index (κ3) is 2.58.